The van der Waals surface area contributed by atoms with Crippen molar-refractivity contribution in [3.8, 4) is 5.75 Å². The number of aromatic nitrogens is 1. The van der Waals surface area contributed by atoms with Crippen molar-refractivity contribution in [1.82, 2.24) is 15.6 Å². The van der Waals surface area contributed by atoms with Gasteiger partial charge in [-0.2, -0.15) is 13.2 Å². The van der Waals surface area contributed by atoms with E-state index < -0.39 is 35.7 Å². The quantitative estimate of drug-likeness (QED) is 0.689. The highest BCUT2D eigenvalue weighted by molar-refractivity contribution is 6.00. The Hall–Kier alpha value is -3.14. The third-order valence-electron chi connectivity index (χ3n) is 4.51. The van der Waals surface area contributed by atoms with E-state index in [0.717, 1.165) is 6.20 Å². The maximum Gasteiger partial charge on any atom is 0.437 e. The summed E-state index contributed by atoms with van der Waals surface area (Å²) in [5, 5.41) is 14.2. The molecule has 2 amide bonds. The van der Waals surface area contributed by atoms with Crippen LogP contribution in [-0.2, 0) is 0 Å². The number of Topliss-reactive ketones (excluding diaryl/α,β-unsaturated/α-hetero) is 1. The number of pyridine rings is 1. The second-order valence-electron chi connectivity index (χ2n) is 6.20. The van der Waals surface area contributed by atoms with Gasteiger partial charge in [-0.05, 0) is 29.8 Å². The molecule has 3 N–H and O–H groups in total. The van der Waals surface area contributed by atoms with Crippen LogP contribution in [0.25, 0.3) is 0 Å². The number of hydrogen-bond donors (Lipinski definition) is 3. The fourth-order valence-corrected chi connectivity index (χ4v) is 3.12. The molecule has 0 radical (unpaired) electrons. The molecule has 28 heavy (non-hydrogen) atoms. The van der Waals surface area contributed by atoms with Gasteiger partial charge < -0.3 is 20.5 Å². The molecule has 0 spiro atoms. The third kappa shape index (κ3) is 3.38. The van der Waals surface area contributed by atoms with E-state index in [1.165, 1.54) is 55.0 Å². The minimum atomic E-state index is -5.31. The topological polar surface area (TPSA) is 101 Å². The molecule has 3 rings (SSSR count). The Bertz CT molecular complexity index is 874. The normalized spacial score (nSPS) is 24.8. The number of nitrogens with one attached hydrogen (secondary N) is 2. The smallest absolute Gasteiger partial charge is 0.437 e. The lowest BCUT2D eigenvalue weighted by atomic mass is 9.77. The predicted molar refractivity (Wildman–Crippen MR) is 90.5 cm³/mol. The van der Waals surface area contributed by atoms with Crippen LogP contribution in [0.3, 0.4) is 0 Å². The number of halogens is 3. The number of rotatable bonds is 4. The number of nitrogens with zero attached hydrogens (tertiary/aromatic N) is 1. The average molecular weight is 395 g/mol. The van der Waals surface area contributed by atoms with Gasteiger partial charge in [-0.25, -0.2) is 4.79 Å². The third-order valence-corrected chi connectivity index (χ3v) is 4.51. The molecule has 2 heterocycles. The van der Waals surface area contributed by atoms with E-state index in [1.807, 2.05) is 0 Å². The van der Waals surface area contributed by atoms with Crippen LogP contribution in [0.4, 0.5) is 18.0 Å². The number of ketones is 1. The van der Waals surface area contributed by atoms with Crippen LogP contribution in [0.2, 0.25) is 0 Å². The Balaban J connectivity index is 2.13. The number of methoxy groups -OCH3 is 1. The minimum absolute atomic E-state index is 0.133. The van der Waals surface area contributed by atoms with Gasteiger partial charge in [0.1, 0.15) is 11.7 Å². The first-order valence-electron chi connectivity index (χ1n) is 8.13. The molecule has 3 atom stereocenters. The largest absolute Gasteiger partial charge is 0.497 e. The monoisotopic (exact) mass is 395 g/mol. The Morgan fingerprint density at radius 1 is 1.25 bits per heavy atom. The van der Waals surface area contributed by atoms with Gasteiger partial charge in [0.05, 0.1) is 13.2 Å². The van der Waals surface area contributed by atoms with Crippen LogP contribution >= 0.6 is 0 Å². The number of urea groups is 1. The zero-order valence-corrected chi connectivity index (χ0v) is 14.5. The van der Waals surface area contributed by atoms with E-state index >= 15 is 0 Å². The molecule has 2 aromatic rings. The van der Waals surface area contributed by atoms with Crippen molar-refractivity contribution in [2.24, 2.45) is 5.92 Å². The Labute approximate surface area is 157 Å². The molecule has 1 aromatic carbocycles. The molecule has 0 bridgehead atoms. The predicted octanol–water partition coefficient (Wildman–Crippen LogP) is 2.19. The van der Waals surface area contributed by atoms with Gasteiger partial charge in [0.15, 0.2) is 5.78 Å². The molecule has 0 aliphatic carbocycles. The number of hydrogen-bond acceptors (Lipinski definition) is 5. The molecule has 1 aliphatic rings. The van der Waals surface area contributed by atoms with Crippen LogP contribution in [0.15, 0.2) is 48.8 Å². The number of carbonyl (C=O) groups excluding carboxylic acids is 2. The fourth-order valence-electron chi connectivity index (χ4n) is 3.12. The van der Waals surface area contributed by atoms with E-state index in [9.17, 15) is 27.9 Å². The van der Waals surface area contributed by atoms with Crippen molar-refractivity contribution in [2.45, 2.75) is 17.9 Å². The van der Waals surface area contributed by atoms with Gasteiger partial charge in [0.2, 0.25) is 5.72 Å². The van der Waals surface area contributed by atoms with Crippen molar-refractivity contribution in [2.75, 3.05) is 7.11 Å². The van der Waals surface area contributed by atoms with E-state index in [1.54, 1.807) is 0 Å². The van der Waals surface area contributed by atoms with Crippen molar-refractivity contribution < 1.29 is 32.6 Å². The summed E-state index contributed by atoms with van der Waals surface area (Å²) in [5.41, 5.74) is -3.71. The highest BCUT2D eigenvalue weighted by Gasteiger charge is 2.66. The summed E-state index contributed by atoms with van der Waals surface area (Å²) in [6.07, 6.45) is -2.85. The number of benzene rings is 1. The fraction of sp³-hybridized carbons (Fsp3) is 0.278. The van der Waals surface area contributed by atoms with Crippen LogP contribution in [0.5, 0.6) is 5.75 Å². The van der Waals surface area contributed by atoms with Crippen molar-refractivity contribution in [1.29, 1.82) is 0 Å². The first-order chi connectivity index (χ1) is 13.2. The lowest BCUT2D eigenvalue weighted by Crippen LogP contribution is -2.72. The molecule has 1 aromatic heterocycles. The van der Waals surface area contributed by atoms with Gasteiger partial charge in [0, 0.05) is 18.0 Å². The van der Waals surface area contributed by atoms with Gasteiger partial charge in [-0.1, -0.05) is 12.1 Å². The number of ether oxygens (including phenoxy) is 1. The molecular weight excluding hydrogens is 379 g/mol. The second kappa shape index (κ2) is 7.12. The standard InChI is InChI=1S/C18H16F3N3O4/c1-28-12-6-4-10(5-7-12)14-13(15(25)11-3-2-8-22-9-11)17(27,18(19,20)21)24-16(26)23-14/h2-9,13-14,27H,1H3,(H2,23,24,26). The Kier molecular flexibility index (Phi) is 4.99. The van der Waals surface area contributed by atoms with Gasteiger partial charge in [-0.3, -0.25) is 9.78 Å². The van der Waals surface area contributed by atoms with E-state index in [0.29, 0.717) is 5.75 Å². The van der Waals surface area contributed by atoms with E-state index in [2.05, 4.69) is 10.3 Å². The molecule has 3 unspecified atom stereocenters. The van der Waals surface area contributed by atoms with Gasteiger partial charge in [0.25, 0.3) is 0 Å². The van der Waals surface area contributed by atoms with Crippen molar-refractivity contribution in [3.05, 3.63) is 59.9 Å². The van der Waals surface area contributed by atoms with Gasteiger partial charge in [-0.15, -0.1) is 0 Å². The lowest BCUT2D eigenvalue weighted by molar-refractivity contribution is -0.287. The molecule has 1 saturated heterocycles. The van der Waals surface area contributed by atoms with Crippen molar-refractivity contribution >= 4 is 11.8 Å². The van der Waals surface area contributed by atoms with Gasteiger partial charge >= 0.3 is 12.2 Å². The SMILES string of the molecule is COc1ccc(C2NC(=O)NC(O)(C(F)(F)F)C2C(=O)c2cccnc2)cc1. The first-order valence-corrected chi connectivity index (χ1v) is 8.13. The number of aliphatic hydroxyl groups is 1. The van der Waals surface area contributed by atoms with Crippen LogP contribution in [-0.4, -0.2) is 40.9 Å². The Morgan fingerprint density at radius 2 is 1.93 bits per heavy atom. The van der Waals surface area contributed by atoms with Crippen molar-refractivity contribution in [3.63, 3.8) is 0 Å². The second-order valence-corrected chi connectivity index (χ2v) is 6.20. The Morgan fingerprint density at radius 3 is 2.46 bits per heavy atom. The van der Waals surface area contributed by atoms with E-state index in [-0.39, 0.29) is 11.1 Å². The zero-order valence-electron chi connectivity index (χ0n) is 14.5. The zero-order chi connectivity index (χ0) is 20.5. The molecule has 1 fully saturated rings. The summed E-state index contributed by atoms with van der Waals surface area (Å²) in [6.45, 7) is 0. The highest BCUT2D eigenvalue weighted by Crippen LogP contribution is 2.44. The number of alkyl halides is 3. The minimum Gasteiger partial charge on any atom is -0.497 e. The maximum absolute atomic E-state index is 13.8. The van der Waals surface area contributed by atoms with E-state index in [4.69, 9.17) is 4.74 Å². The van der Waals surface area contributed by atoms with Crippen LogP contribution < -0.4 is 15.4 Å². The summed E-state index contributed by atoms with van der Waals surface area (Å²) < 4.78 is 46.3. The summed E-state index contributed by atoms with van der Waals surface area (Å²) in [6, 6.07) is 5.74. The number of carbonyl (C=O) groups is 2. The highest BCUT2D eigenvalue weighted by atomic mass is 19.4. The first kappa shape index (κ1) is 19.6. The lowest BCUT2D eigenvalue weighted by Gasteiger charge is -2.45. The maximum atomic E-state index is 13.8. The number of amides is 2. The molecule has 10 heteroatoms. The molecule has 148 valence electrons. The average Bonchev–Trinajstić information content (AvgIpc) is 2.67. The summed E-state index contributed by atoms with van der Waals surface area (Å²) in [4.78, 5) is 28.6. The molecule has 0 saturated carbocycles. The summed E-state index contributed by atoms with van der Waals surface area (Å²) >= 11 is 0. The summed E-state index contributed by atoms with van der Waals surface area (Å²) in [5.74, 6) is -2.69. The molecular formula is C18H16F3N3O4. The summed E-state index contributed by atoms with van der Waals surface area (Å²) in [7, 11) is 1.42. The molecule has 1 aliphatic heterocycles. The molecule has 7 nitrogen and oxygen atoms in total. The van der Waals surface area contributed by atoms with Crippen LogP contribution in [0.1, 0.15) is 22.0 Å². The van der Waals surface area contributed by atoms with Crippen LogP contribution in [0, 0.1) is 5.92 Å².